The van der Waals surface area contributed by atoms with Crippen molar-refractivity contribution in [2.75, 3.05) is 32.4 Å². The van der Waals surface area contributed by atoms with Crippen molar-refractivity contribution in [1.82, 2.24) is 15.2 Å². The molecule has 0 radical (unpaired) electrons. The van der Waals surface area contributed by atoms with Crippen LogP contribution in [0.15, 0.2) is 18.3 Å². The van der Waals surface area contributed by atoms with Crippen molar-refractivity contribution in [3.63, 3.8) is 0 Å². The average Bonchev–Trinajstić information content (AvgIpc) is 2.41. The van der Waals surface area contributed by atoms with Crippen molar-refractivity contribution >= 4 is 11.6 Å². The molecule has 2 heterocycles. The molecule has 0 spiro atoms. The van der Waals surface area contributed by atoms with Crippen LogP contribution >= 0.6 is 0 Å². The third-order valence-electron chi connectivity index (χ3n) is 3.73. The number of anilines is 1. The summed E-state index contributed by atoms with van der Waals surface area (Å²) >= 11 is 0. The number of nitrogens with zero attached hydrogens (tertiary/aromatic N) is 2. The number of nitrogens with two attached hydrogens (primary N) is 1. The summed E-state index contributed by atoms with van der Waals surface area (Å²) in [6.07, 6.45) is 5.06. The standard InChI is InChI=1S/C14H22N4O/c1-18-9-5-11(6-10-18)4-8-17-14(19)13-12(15)3-2-7-16-13/h2-3,7,11H,4-6,8-10,15H2,1H3,(H,17,19). The number of carbonyl (C=O) groups is 1. The number of rotatable bonds is 4. The first-order valence-corrected chi connectivity index (χ1v) is 6.84. The molecular weight excluding hydrogens is 240 g/mol. The number of hydrogen-bond acceptors (Lipinski definition) is 4. The van der Waals surface area contributed by atoms with Gasteiger partial charge in [0.2, 0.25) is 0 Å². The smallest absolute Gasteiger partial charge is 0.272 e. The summed E-state index contributed by atoms with van der Waals surface area (Å²) in [5.74, 6) is 0.545. The van der Waals surface area contributed by atoms with Crippen LogP contribution in [0.25, 0.3) is 0 Å². The summed E-state index contributed by atoms with van der Waals surface area (Å²) < 4.78 is 0. The zero-order chi connectivity index (χ0) is 13.7. The fourth-order valence-corrected chi connectivity index (χ4v) is 2.43. The summed E-state index contributed by atoms with van der Waals surface area (Å²) in [7, 11) is 2.15. The highest BCUT2D eigenvalue weighted by Gasteiger charge is 2.17. The molecule has 1 aromatic rings. The molecule has 5 nitrogen and oxygen atoms in total. The van der Waals surface area contributed by atoms with Gasteiger partial charge in [0.05, 0.1) is 5.69 Å². The zero-order valence-corrected chi connectivity index (χ0v) is 11.4. The quantitative estimate of drug-likeness (QED) is 0.853. The second kappa shape index (κ2) is 6.52. The Morgan fingerprint density at radius 3 is 2.95 bits per heavy atom. The van der Waals surface area contributed by atoms with Gasteiger partial charge in [0.1, 0.15) is 0 Å². The van der Waals surface area contributed by atoms with Gasteiger partial charge in [-0.3, -0.25) is 4.79 Å². The van der Waals surface area contributed by atoms with E-state index in [1.807, 2.05) is 0 Å². The lowest BCUT2D eigenvalue weighted by molar-refractivity contribution is 0.0945. The van der Waals surface area contributed by atoms with Gasteiger partial charge in [-0.1, -0.05) is 0 Å². The molecular formula is C14H22N4O. The molecule has 1 aromatic heterocycles. The van der Waals surface area contributed by atoms with Crippen molar-refractivity contribution < 1.29 is 4.79 Å². The van der Waals surface area contributed by atoms with Gasteiger partial charge in [-0.05, 0) is 57.5 Å². The Balaban J connectivity index is 1.74. The van der Waals surface area contributed by atoms with Gasteiger partial charge in [-0.2, -0.15) is 0 Å². The van der Waals surface area contributed by atoms with Crippen LogP contribution in [0.2, 0.25) is 0 Å². The molecule has 0 aromatic carbocycles. The van der Waals surface area contributed by atoms with Gasteiger partial charge in [-0.25, -0.2) is 4.98 Å². The molecule has 2 rings (SSSR count). The number of hydrogen-bond donors (Lipinski definition) is 2. The van der Waals surface area contributed by atoms with Crippen LogP contribution in [0.1, 0.15) is 29.8 Å². The number of nitrogen functional groups attached to an aromatic ring is 1. The number of carbonyl (C=O) groups excluding carboxylic acids is 1. The first-order chi connectivity index (χ1) is 9.16. The van der Waals surface area contributed by atoms with Crippen LogP contribution in [0.3, 0.4) is 0 Å². The number of likely N-dealkylation sites (tertiary alicyclic amines) is 1. The minimum Gasteiger partial charge on any atom is -0.397 e. The van der Waals surface area contributed by atoms with Gasteiger partial charge >= 0.3 is 0 Å². The molecule has 1 aliphatic rings. The van der Waals surface area contributed by atoms with Crippen molar-refractivity contribution in [2.24, 2.45) is 5.92 Å². The third kappa shape index (κ3) is 3.92. The maximum atomic E-state index is 11.9. The van der Waals surface area contributed by atoms with Gasteiger partial charge in [0, 0.05) is 12.7 Å². The minimum absolute atomic E-state index is 0.175. The average molecular weight is 262 g/mol. The van der Waals surface area contributed by atoms with Crippen LogP contribution in [0.4, 0.5) is 5.69 Å². The van der Waals surface area contributed by atoms with Gasteiger partial charge in [0.15, 0.2) is 5.69 Å². The molecule has 0 aliphatic carbocycles. The zero-order valence-electron chi connectivity index (χ0n) is 11.4. The summed E-state index contributed by atoms with van der Waals surface area (Å²) in [5.41, 5.74) is 6.48. The molecule has 5 heteroatoms. The normalized spacial score (nSPS) is 17.3. The van der Waals surface area contributed by atoms with Crippen LogP contribution in [-0.2, 0) is 0 Å². The Bertz CT molecular complexity index is 427. The Morgan fingerprint density at radius 1 is 1.53 bits per heavy atom. The van der Waals surface area contributed by atoms with Crippen molar-refractivity contribution in [2.45, 2.75) is 19.3 Å². The topological polar surface area (TPSA) is 71.2 Å². The van der Waals surface area contributed by atoms with Crippen molar-refractivity contribution in [3.05, 3.63) is 24.0 Å². The maximum Gasteiger partial charge on any atom is 0.272 e. The van der Waals surface area contributed by atoms with Crippen molar-refractivity contribution in [3.8, 4) is 0 Å². The first-order valence-electron chi connectivity index (χ1n) is 6.84. The summed E-state index contributed by atoms with van der Waals surface area (Å²) in [5, 5.41) is 2.90. The van der Waals surface area contributed by atoms with Crippen molar-refractivity contribution in [1.29, 1.82) is 0 Å². The second-order valence-corrected chi connectivity index (χ2v) is 5.23. The van der Waals surface area contributed by atoms with E-state index < -0.39 is 0 Å². The summed E-state index contributed by atoms with van der Waals surface area (Å²) in [4.78, 5) is 18.3. The van der Waals surface area contributed by atoms with Crippen LogP contribution in [0, 0.1) is 5.92 Å². The lowest BCUT2D eigenvalue weighted by Crippen LogP contribution is -2.33. The fourth-order valence-electron chi connectivity index (χ4n) is 2.43. The Kier molecular flexibility index (Phi) is 4.74. The number of pyridine rings is 1. The monoisotopic (exact) mass is 262 g/mol. The number of amides is 1. The third-order valence-corrected chi connectivity index (χ3v) is 3.73. The lowest BCUT2D eigenvalue weighted by Gasteiger charge is -2.28. The van der Waals surface area contributed by atoms with E-state index in [1.165, 1.54) is 12.8 Å². The molecule has 1 fully saturated rings. The molecule has 1 aliphatic heterocycles. The molecule has 0 atom stereocenters. The summed E-state index contributed by atoms with van der Waals surface area (Å²) in [6.45, 7) is 3.01. The molecule has 0 saturated carbocycles. The molecule has 104 valence electrons. The molecule has 1 amide bonds. The van der Waals surface area contributed by atoms with E-state index in [0.717, 1.165) is 25.4 Å². The van der Waals surface area contributed by atoms with Crippen LogP contribution < -0.4 is 11.1 Å². The van der Waals surface area contributed by atoms with Crippen LogP contribution in [-0.4, -0.2) is 42.5 Å². The Labute approximate surface area is 114 Å². The predicted molar refractivity (Wildman–Crippen MR) is 75.8 cm³/mol. The van der Waals surface area contributed by atoms with E-state index in [4.69, 9.17) is 5.73 Å². The summed E-state index contributed by atoms with van der Waals surface area (Å²) in [6, 6.07) is 3.42. The largest absolute Gasteiger partial charge is 0.397 e. The van der Waals surface area contributed by atoms with Gasteiger partial charge in [0.25, 0.3) is 5.91 Å². The highest BCUT2D eigenvalue weighted by Crippen LogP contribution is 2.18. The second-order valence-electron chi connectivity index (χ2n) is 5.23. The SMILES string of the molecule is CN1CCC(CCNC(=O)c2ncccc2N)CC1. The molecule has 0 bridgehead atoms. The van der Waals surface area contributed by atoms with Gasteiger partial charge in [-0.15, -0.1) is 0 Å². The number of nitrogens with one attached hydrogen (secondary N) is 1. The molecule has 0 unspecified atom stereocenters. The number of aromatic nitrogens is 1. The van der Waals surface area contributed by atoms with Crippen LogP contribution in [0.5, 0.6) is 0 Å². The predicted octanol–water partition coefficient (Wildman–Crippen LogP) is 1.13. The van der Waals surface area contributed by atoms with E-state index >= 15 is 0 Å². The maximum absolute atomic E-state index is 11.9. The Morgan fingerprint density at radius 2 is 2.26 bits per heavy atom. The molecule has 19 heavy (non-hydrogen) atoms. The lowest BCUT2D eigenvalue weighted by atomic mass is 9.94. The highest BCUT2D eigenvalue weighted by atomic mass is 16.1. The number of piperidine rings is 1. The fraction of sp³-hybridized carbons (Fsp3) is 0.571. The minimum atomic E-state index is -0.175. The highest BCUT2D eigenvalue weighted by molar-refractivity contribution is 5.96. The van der Waals surface area contributed by atoms with E-state index in [1.54, 1.807) is 18.3 Å². The Hall–Kier alpha value is -1.62. The van der Waals surface area contributed by atoms with E-state index in [2.05, 4.69) is 22.2 Å². The molecule has 3 N–H and O–H groups in total. The van der Waals surface area contributed by atoms with E-state index in [0.29, 0.717) is 17.9 Å². The van der Waals surface area contributed by atoms with E-state index in [9.17, 15) is 4.79 Å². The van der Waals surface area contributed by atoms with Gasteiger partial charge < -0.3 is 16.0 Å². The molecule has 1 saturated heterocycles. The van der Waals surface area contributed by atoms with E-state index in [-0.39, 0.29) is 5.91 Å². The first kappa shape index (κ1) is 13.8.